The van der Waals surface area contributed by atoms with Gasteiger partial charge in [0.25, 0.3) is 5.91 Å². The fourth-order valence-corrected chi connectivity index (χ4v) is 6.04. The van der Waals surface area contributed by atoms with Gasteiger partial charge in [-0.2, -0.15) is 0 Å². The second kappa shape index (κ2) is 17.3. The van der Waals surface area contributed by atoms with E-state index in [9.17, 15) is 14.7 Å². The molecule has 0 saturated carbocycles. The molecule has 0 saturated heterocycles. The molecular weight excluding hydrogens is 657 g/mol. The molecule has 13 heteroatoms. The van der Waals surface area contributed by atoms with Gasteiger partial charge in [0.2, 0.25) is 0 Å². The van der Waals surface area contributed by atoms with Crippen molar-refractivity contribution in [2.24, 2.45) is 5.92 Å². The lowest BCUT2D eigenvalue weighted by molar-refractivity contribution is -0.0177. The maximum Gasteiger partial charge on any atom is 0.323 e. The molecule has 1 aliphatic rings. The van der Waals surface area contributed by atoms with E-state index in [1.165, 1.54) is 0 Å². The summed E-state index contributed by atoms with van der Waals surface area (Å²) in [5, 5.41) is 20.7. The van der Waals surface area contributed by atoms with Crippen LogP contribution < -0.4 is 15.4 Å². The predicted octanol–water partition coefficient (Wildman–Crippen LogP) is 7.17. The summed E-state index contributed by atoms with van der Waals surface area (Å²) in [7, 11) is 2.02. The van der Waals surface area contributed by atoms with Crippen LogP contribution in [0.15, 0.2) is 40.9 Å². The number of likely N-dealkylation sites (N-methyl/N-ethyl adjacent to an activating group) is 1. The van der Waals surface area contributed by atoms with Crippen LogP contribution in [-0.4, -0.2) is 83.6 Å². The summed E-state index contributed by atoms with van der Waals surface area (Å²) in [5.74, 6) is 0.487. The molecule has 0 bridgehead atoms. The number of aliphatic hydroxyl groups excluding tert-OH is 1. The molecule has 0 unspecified atom stereocenters. The van der Waals surface area contributed by atoms with Crippen molar-refractivity contribution >= 4 is 46.5 Å². The van der Waals surface area contributed by atoms with Gasteiger partial charge in [0.15, 0.2) is 5.76 Å². The number of anilines is 2. The zero-order valence-corrected chi connectivity index (χ0v) is 30.0. The lowest BCUT2D eigenvalue weighted by Gasteiger charge is -2.36. The Morgan fingerprint density at radius 2 is 1.90 bits per heavy atom. The third-order valence-corrected chi connectivity index (χ3v) is 9.25. The number of carbonyl (C=O) groups is 2. The van der Waals surface area contributed by atoms with Crippen LogP contribution in [0, 0.1) is 19.8 Å². The van der Waals surface area contributed by atoms with Crippen molar-refractivity contribution in [3.8, 4) is 5.75 Å². The Bertz CT molecular complexity index is 1530. The number of carbonyl (C=O) groups excluding carboxylic acids is 2. The van der Waals surface area contributed by atoms with Crippen LogP contribution in [0.3, 0.4) is 0 Å². The first-order valence-electron chi connectivity index (χ1n) is 16.3. The van der Waals surface area contributed by atoms with Gasteiger partial charge >= 0.3 is 6.03 Å². The topological polar surface area (TPSA) is 129 Å². The Morgan fingerprint density at radius 1 is 1.12 bits per heavy atom. The highest BCUT2D eigenvalue weighted by Crippen LogP contribution is 2.29. The molecule has 48 heavy (non-hydrogen) atoms. The summed E-state index contributed by atoms with van der Waals surface area (Å²) in [6.07, 6.45) is 2.15. The number of hydrogen-bond acceptors (Lipinski definition) is 8. The number of urea groups is 1. The maximum atomic E-state index is 14.4. The molecule has 4 atom stereocenters. The molecule has 2 aromatic carbocycles. The zero-order chi connectivity index (χ0) is 35.0. The molecule has 1 aromatic heterocycles. The van der Waals surface area contributed by atoms with Gasteiger partial charge < -0.3 is 34.6 Å². The number of aromatic nitrogens is 1. The lowest BCUT2D eigenvalue weighted by Crippen LogP contribution is -2.47. The van der Waals surface area contributed by atoms with Crippen molar-refractivity contribution in [3.05, 3.63) is 69.0 Å². The molecule has 0 spiro atoms. The second-order valence-corrected chi connectivity index (χ2v) is 13.5. The smallest absolute Gasteiger partial charge is 0.323 e. The highest BCUT2D eigenvalue weighted by Gasteiger charge is 2.30. The quantitative estimate of drug-likeness (QED) is 0.225. The predicted molar refractivity (Wildman–Crippen MR) is 188 cm³/mol. The summed E-state index contributed by atoms with van der Waals surface area (Å²) in [5.41, 5.74) is 2.75. The standard InChI is InChI=1S/C35H47Cl2N5O6/c1-21-17-42(22(2)20-43)34(44)28-16-27(38-35(45)39-33-24(4)40-48-25(33)5)11-13-31(28)47-23(3)9-7-8-14-46-32(21)19-41(6)18-26-10-12-29(36)30(37)15-26/h10-13,15-16,21-23,32,43H,7-9,14,17-20H2,1-6H3,(H2,38,39,45)/t21-,22-,23+,32-/m1/s1. The third-order valence-electron chi connectivity index (χ3n) is 8.51. The zero-order valence-electron chi connectivity index (χ0n) is 28.5. The van der Waals surface area contributed by atoms with Crippen LogP contribution in [0.2, 0.25) is 10.0 Å². The highest BCUT2D eigenvalue weighted by molar-refractivity contribution is 6.42. The van der Waals surface area contributed by atoms with Gasteiger partial charge in [0.05, 0.1) is 40.5 Å². The van der Waals surface area contributed by atoms with Gasteiger partial charge in [-0.05, 0) is 89.9 Å². The van der Waals surface area contributed by atoms with E-state index >= 15 is 0 Å². The number of benzene rings is 2. The number of aryl methyl sites for hydroxylation is 2. The maximum absolute atomic E-state index is 14.4. The minimum Gasteiger partial charge on any atom is -0.490 e. The average molecular weight is 705 g/mol. The third kappa shape index (κ3) is 10.1. The van der Waals surface area contributed by atoms with Crippen LogP contribution in [0.1, 0.15) is 67.4 Å². The molecule has 4 rings (SSSR count). The van der Waals surface area contributed by atoms with Crippen molar-refractivity contribution in [1.29, 1.82) is 0 Å². The van der Waals surface area contributed by atoms with E-state index in [4.69, 9.17) is 37.2 Å². The van der Waals surface area contributed by atoms with Crippen LogP contribution in [0.25, 0.3) is 0 Å². The number of nitrogens with zero attached hydrogens (tertiary/aromatic N) is 3. The lowest BCUT2D eigenvalue weighted by atomic mass is 10.0. The number of aliphatic hydroxyl groups is 1. The van der Waals surface area contributed by atoms with E-state index in [0.717, 1.165) is 24.8 Å². The minimum absolute atomic E-state index is 0.0902. The molecule has 3 amide bonds. The summed E-state index contributed by atoms with van der Waals surface area (Å²) in [6, 6.07) is 9.63. The first-order valence-corrected chi connectivity index (χ1v) is 17.1. The minimum atomic E-state index is -0.508. The second-order valence-electron chi connectivity index (χ2n) is 12.7. The van der Waals surface area contributed by atoms with Crippen molar-refractivity contribution in [2.75, 3.05) is 44.0 Å². The summed E-state index contributed by atoms with van der Waals surface area (Å²) >= 11 is 12.4. The Kier molecular flexibility index (Phi) is 13.5. The van der Waals surface area contributed by atoms with E-state index in [2.05, 4.69) is 27.6 Å². The number of fused-ring (bicyclic) bond motifs is 1. The van der Waals surface area contributed by atoms with Crippen molar-refractivity contribution in [1.82, 2.24) is 15.0 Å². The van der Waals surface area contributed by atoms with Gasteiger partial charge in [-0.25, -0.2) is 4.79 Å². The van der Waals surface area contributed by atoms with E-state index in [0.29, 0.717) is 64.9 Å². The van der Waals surface area contributed by atoms with Crippen molar-refractivity contribution in [3.63, 3.8) is 0 Å². The fraction of sp³-hybridized carbons (Fsp3) is 0.514. The van der Waals surface area contributed by atoms with Gasteiger partial charge in [-0.15, -0.1) is 0 Å². The molecule has 0 aliphatic carbocycles. The molecule has 0 fully saturated rings. The monoisotopic (exact) mass is 703 g/mol. The van der Waals surface area contributed by atoms with Gasteiger partial charge in [0, 0.05) is 37.8 Å². The first-order chi connectivity index (χ1) is 22.9. The fourth-order valence-electron chi connectivity index (χ4n) is 5.72. The molecule has 3 aromatic rings. The molecule has 1 aliphatic heterocycles. The summed E-state index contributed by atoms with van der Waals surface area (Å²) in [6.45, 7) is 11.2. The van der Waals surface area contributed by atoms with E-state index < -0.39 is 12.1 Å². The Labute approximate surface area is 292 Å². The van der Waals surface area contributed by atoms with Gasteiger partial charge in [0.1, 0.15) is 17.1 Å². The summed E-state index contributed by atoms with van der Waals surface area (Å²) in [4.78, 5) is 31.1. The number of ether oxygens (including phenoxy) is 2. The molecule has 262 valence electrons. The Morgan fingerprint density at radius 3 is 2.58 bits per heavy atom. The average Bonchev–Trinajstić information content (AvgIpc) is 3.36. The Hall–Kier alpha value is -3.35. The van der Waals surface area contributed by atoms with E-state index in [1.807, 2.05) is 33.0 Å². The first kappa shape index (κ1) is 37.5. The van der Waals surface area contributed by atoms with E-state index in [1.54, 1.807) is 43.0 Å². The molecule has 2 heterocycles. The number of nitrogens with one attached hydrogen (secondary N) is 2. The highest BCUT2D eigenvalue weighted by atomic mass is 35.5. The molecular formula is C35H47Cl2N5O6. The summed E-state index contributed by atoms with van der Waals surface area (Å²) < 4.78 is 17.9. The number of halogens is 2. The van der Waals surface area contributed by atoms with Crippen LogP contribution in [-0.2, 0) is 11.3 Å². The van der Waals surface area contributed by atoms with Gasteiger partial charge in [-0.1, -0.05) is 41.3 Å². The molecule has 11 nitrogen and oxygen atoms in total. The SMILES string of the molecule is Cc1noc(C)c1NC(=O)Nc1ccc2c(c1)C(=O)N([C@H](C)CO)C[C@@H](C)[C@@H](CN(C)Cc1ccc(Cl)c(Cl)c1)OCCCC[C@H](C)O2. The van der Waals surface area contributed by atoms with Crippen LogP contribution in [0.4, 0.5) is 16.2 Å². The number of rotatable bonds is 8. The van der Waals surface area contributed by atoms with Gasteiger partial charge in [-0.3, -0.25) is 9.69 Å². The molecule has 0 radical (unpaired) electrons. The van der Waals surface area contributed by atoms with Crippen LogP contribution in [0.5, 0.6) is 5.75 Å². The Balaban J connectivity index is 1.59. The number of hydrogen-bond donors (Lipinski definition) is 3. The van der Waals surface area contributed by atoms with Crippen molar-refractivity contribution < 1.29 is 28.7 Å². The normalized spacial score (nSPS) is 20.1. The van der Waals surface area contributed by atoms with Crippen LogP contribution >= 0.6 is 23.2 Å². The number of amides is 3. The van der Waals surface area contributed by atoms with Crippen molar-refractivity contribution in [2.45, 2.75) is 78.7 Å². The van der Waals surface area contributed by atoms with E-state index in [-0.39, 0.29) is 36.2 Å². The largest absolute Gasteiger partial charge is 0.490 e. The molecule has 3 N–H and O–H groups in total.